The van der Waals surface area contributed by atoms with Gasteiger partial charge in [-0.25, -0.2) is 0 Å². The first kappa shape index (κ1) is 20.0. The maximum Gasteiger partial charge on any atom is 0.258 e. The second kappa shape index (κ2) is 9.96. The van der Waals surface area contributed by atoms with Gasteiger partial charge in [0.25, 0.3) is 5.91 Å². The summed E-state index contributed by atoms with van der Waals surface area (Å²) in [5.41, 5.74) is 8.41. The van der Waals surface area contributed by atoms with Crippen LogP contribution in [0.5, 0.6) is 5.75 Å². The Balaban J connectivity index is 0.00000288. The summed E-state index contributed by atoms with van der Waals surface area (Å²) < 4.78 is 5.40. The summed E-state index contributed by atoms with van der Waals surface area (Å²) in [7, 11) is 0. The van der Waals surface area contributed by atoms with Crippen molar-refractivity contribution in [2.45, 2.75) is 25.8 Å². The molecule has 24 heavy (non-hydrogen) atoms. The topological polar surface area (TPSA) is 64.3 Å². The molecule has 0 spiro atoms. The molecule has 0 heterocycles. The van der Waals surface area contributed by atoms with E-state index in [2.05, 4.69) is 31.3 Å². The van der Waals surface area contributed by atoms with Gasteiger partial charge in [0, 0.05) is 12.6 Å². The molecule has 1 atom stereocenters. The van der Waals surface area contributed by atoms with Crippen LogP contribution in [0.25, 0.3) is 0 Å². The van der Waals surface area contributed by atoms with Crippen LogP contribution in [0.3, 0.4) is 0 Å². The van der Waals surface area contributed by atoms with Gasteiger partial charge in [0.05, 0.1) is 0 Å². The molecule has 3 N–H and O–H groups in total. The molecule has 2 aromatic carbocycles. The van der Waals surface area contributed by atoms with E-state index in [1.54, 1.807) is 0 Å². The van der Waals surface area contributed by atoms with E-state index in [0.717, 1.165) is 5.56 Å². The third kappa shape index (κ3) is 6.22. The van der Waals surface area contributed by atoms with Crippen LogP contribution < -0.4 is 15.8 Å². The van der Waals surface area contributed by atoms with Gasteiger partial charge in [-0.3, -0.25) is 4.79 Å². The van der Waals surface area contributed by atoms with Crippen molar-refractivity contribution < 1.29 is 9.53 Å². The van der Waals surface area contributed by atoms with Crippen LogP contribution in [0, 0.1) is 0 Å². The first-order chi connectivity index (χ1) is 11.1. The van der Waals surface area contributed by atoms with E-state index >= 15 is 0 Å². The number of amides is 1. The number of para-hydroxylation sites is 1. The van der Waals surface area contributed by atoms with E-state index < -0.39 is 0 Å². The average Bonchev–Trinajstić information content (AvgIpc) is 2.58. The van der Waals surface area contributed by atoms with Crippen LogP contribution in [-0.4, -0.2) is 19.1 Å². The fourth-order valence-electron chi connectivity index (χ4n) is 2.19. The second-order valence-electron chi connectivity index (χ2n) is 5.83. The highest BCUT2D eigenvalue weighted by atomic mass is 35.5. The standard InChI is InChI=1S/C19H24N2O2.ClH/c1-14(2)15-8-10-16(11-9-15)18(20)12-21-19(22)13-23-17-6-4-3-5-7-17;/h3-11,14,18H,12-13,20H2,1-2H3,(H,21,22);1H. The Hall–Kier alpha value is -2.04. The molecule has 2 aromatic rings. The fraction of sp³-hybridized carbons (Fsp3) is 0.316. The minimum atomic E-state index is -0.225. The Morgan fingerprint density at radius 1 is 1.04 bits per heavy atom. The largest absolute Gasteiger partial charge is 0.484 e. The summed E-state index contributed by atoms with van der Waals surface area (Å²) in [5.74, 6) is 0.995. The summed E-state index contributed by atoms with van der Waals surface area (Å²) in [6, 6.07) is 17.2. The van der Waals surface area contributed by atoms with Crippen molar-refractivity contribution in [3.05, 3.63) is 65.7 Å². The average molecular weight is 349 g/mol. The van der Waals surface area contributed by atoms with Gasteiger partial charge in [0.1, 0.15) is 5.75 Å². The number of rotatable bonds is 7. The van der Waals surface area contributed by atoms with E-state index in [1.807, 2.05) is 42.5 Å². The number of nitrogens with two attached hydrogens (primary N) is 1. The van der Waals surface area contributed by atoms with Crippen molar-refractivity contribution in [3.63, 3.8) is 0 Å². The number of carbonyl (C=O) groups is 1. The van der Waals surface area contributed by atoms with Crippen molar-refractivity contribution in [3.8, 4) is 5.75 Å². The molecule has 1 unspecified atom stereocenters. The predicted octanol–water partition coefficient (Wildman–Crippen LogP) is 3.43. The zero-order valence-electron chi connectivity index (χ0n) is 14.1. The molecule has 5 heteroatoms. The second-order valence-corrected chi connectivity index (χ2v) is 5.83. The summed E-state index contributed by atoms with van der Waals surface area (Å²) in [4.78, 5) is 11.8. The van der Waals surface area contributed by atoms with Gasteiger partial charge in [-0.1, -0.05) is 56.3 Å². The van der Waals surface area contributed by atoms with Crippen molar-refractivity contribution in [1.82, 2.24) is 5.32 Å². The molecule has 0 aliphatic rings. The van der Waals surface area contributed by atoms with Crippen LogP contribution in [-0.2, 0) is 4.79 Å². The first-order valence-corrected chi connectivity index (χ1v) is 7.86. The van der Waals surface area contributed by atoms with E-state index in [9.17, 15) is 4.79 Å². The lowest BCUT2D eigenvalue weighted by Gasteiger charge is -2.15. The highest BCUT2D eigenvalue weighted by Crippen LogP contribution is 2.17. The van der Waals surface area contributed by atoms with Crippen molar-refractivity contribution in [1.29, 1.82) is 0 Å². The number of ether oxygens (including phenoxy) is 1. The summed E-state index contributed by atoms with van der Waals surface area (Å²) >= 11 is 0. The molecule has 130 valence electrons. The molecule has 0 aliphatic heterocycles. The molecule has 1 amide bonds. The molecule has 2 rings (SSSR count). The molecular weight excluding hydrogens is 324 g/mol. The summed E-state index contributed by atoms with van der Waals surface area (Å²) in [6.45, 7) is 4.69. The third-order valence-electron chi connectivity index (χ3n) is 3.66. The lowest BCUT2D eigenvalue weighted by molar-refractivity contribution is -0.123. The Labute approximate surface area is 149 Å². The maximum atomic E-state index is 11.8. The molecular formula is C19H25ClN2O2. The van der Waals surface area contributed by atoms with Gasteiger partial charge in [-0.05, 0) is 29.2 Å². The van der Waals surface area contributed by atoms with E-state index in [-0.39, 0.29) is 31.0 Å². The van der Waals surface area contributed by atoms with Gasteiger partial charge in [0.15, 0.2) is 6.61 Å². The fourth-order valence-corrected chi connectivity index (χ4v) is 2.19. The molecule has 0 saturated carbocycles. The zero-order chi connectivity index (χ0) is 16.7. The first-order valence-electron chi connectivity index (χ1n) is 7.86. The maximum absolute atomic E-state index is 11.8. The van der Waals surface area contributed by atoms with Gasteiger partial charge in [0.2, 0.25) is 0 Å². The number of hydrogen-bond donors (Lipinski definition) is 2. The number of nitrogens with one attached hydrogen (secondary N) is 1. The summed E-state index contributed by atoms with van der Waals surface area (Å²) in [5, 5.41) is 2.80. The number of hydrogen-bond acceptors (Lipinski definition) is 3. The minimum Gasteiger partial charge on any atom is -0.484 e. The van der Waals surface area contributed by atoms with Crippen LogP contribution in [0.1, 0.15) is 36.9 Å². The Morgan fingerprint density at radius 3 is 2.21 bits per heavy atom. The normalized spacial score (nSPS) is 11.5. The molecule has 0 aromatic heterocycles. The van der Waals surface area contributed by atoms with E-state index in [4.69, 9.17) is 10.5 Å². The van der Waals surface area contributed by atoms with Crippen LogP contribution >= 0.6 is 12.4 Å². The SMILES string of the molecule is CC(C)c1ccc(C(N)CNC(=O)COc2ccccc2)cc1.Cl. The Kier molecular flexibility index (Phi) is 8.30. The molecule has 0 radical (unpaired) electrons. The molecule has 0 aliphatic carbocycles. The Bertz CT molecular complexity index is 615. The van der Waals surface area contributed by atoms with Gasteiger partial charge in [-0.2, -0.15) is 0 Å². The lowest BCUT2D eigenvalue weighted by Crippen LogP contribution is -2.35. The lowest BCUT2D eigenvalue weighted by atomic mass is 9.99. The van der Waals surface area contributed by atoms with Crippen LogP contribution in [0.4, 0.5) is 0 Å². The van der Waals surface area contributed by atoms with Gasteiger partial charge in [-0.15, -0.1) is 12.4 Å². The van der Waals surface area contributed by atoms with Gasteiger partial charge >= 0.3 is 0 Å². The van der Waals surface area contributed by atoms with Crippen LogP contribution in [0.15, 0.2) is 54.6 Å². The molecule has 0 fully saturated rings. The van der Waals surface area contributed by atoms with Crippen LogP contribution in [0.2, 0.25) is 0 Å². The monoisotopic (exact) mass is 348 g/mol. The Morgan fingerprint density at radius 2 is 1.62 bits per heavy atom. The van der Waals surface area contributed by atoms with Crippen molar-refractivity contribution in [2.75, 3.05) is 13.2 Å². The van der Waals surface area contributed by atoms with Crippen molar-refractivity contribution >= 4 is 18.3 Å². The molecule has 0 bridgehead atoms. The van der Waals surface area contributed by atoms with Crippen molar-refractivity contribution in [2.24, 2.45) is 5.73 Å². The van der Waals surface area contributed by atoms with Gasteiger partial charge < -0.3 is 15.8 Å². The number of halogens is 1. The summed E-state index contributed by atoms with van der Waals surface area (Å²) in [6.07, 6.45) is 0. The highest BCUT2D eigenvalue weighted by molar-refractivity contribution is 5.85. The number of benzene rings is 2. The molecule has 4 nitrogen and oxygen atoms in total. The quantitative estimate of drug-likeness (QED) is 0.805. The smallest absolute Gasteiger partial charge is 0.258 e. The van der Waals surface area contributed by atoms with E-state index in [1.165, 1.54) is 5.56 Å². The molecule has 0 saturated heterocycles. The number of carbonyl (C=O) groups excluding carboxylic acids is 1. The van der Waals surface area contributed by atoms with E-state index in [0.29, 0.717) is 18.2 Å². The predicted molar refractivity (Wildman–Crippen MR) is 99.7 cm³/mol. The third-order valence-corrected chi connectivity index (χ3v) is 3.66. The zero-order valence-corrected chi connectivity index (χ0v) is 14.9. The minimum absolute atomic E-state index is 0. The highest BCUT2D eigenvalue weighted by Gasteiger charge is 2.09.